The van der Waals surface area contributed by atoms with Crippen molar-refractivity contribution in [3.8, 4) is 0 Å². The molecule has 1 N–H and O–H groups in total. The van der Waals surface area contributed by atoms with Gasteiger partial charge in [-0.1, -0.05) is 26.7 Å². The Morgan fingerprint density at radius 1 is 1.20 bits per heavy atom. The summed E-state index contributed by atoms with van der Waals surface area (Å²) < 4.78 is 11.8. The van der Waals surface area contributed by atoms with E-state index in [0.29, 0.717) is 11.5 Å². The van der Waals surface area contributed by atoms with Gasteiger partial charge in [-0.3, -0.25) is 0 Å². The molecule has 3 rings (SSSR count). The summed E-state index contributed by atoms with van der Waals surface area (Å²) >= 11 is 0. The van der Waals surface area contributed by atoms with Crippen LogP contribution in [0.4, 0.5) is 0 Å². The van der Waals surface area contributed by atoms with E-state index in [1.165, 1.54) is 38.5 Å². The highest BCUT2D eigenvalue weighted by Gasteiger charge is 2.47. The summed E-state index contributed by atoms with van der Waals surface area (Å²) in [5, 5.41) is 3.84. The van der Waals surface area contributed by atoms with Gasteiger partial charge in [-0.25, -0.2) is 0 Å². The Kier molecular flexibility index (Phi) is 4.40. The SMILES string of the molecule is CCNC(C1CCOC2(CCOC2)C1)C1(C)CCCC1. The van der Waals surface area contributed by atoms with E-state index in [4.69, 9.17) is 9.47 Å². The lowest BCUT2D eigenvalue weighted by atomic mass is 9.69. The third-order valence-corrected chi connectivity index (χ3v) is 5.99. The first-order chi connectivity index (χ1) is 9.68. The first kappa shape index (κ1) is 14.8. The molecule has 0 amide bonds. The highest BCUT2D eigenvalue weighted by atomic mass is 16.6. The molecule has 3 nitrogen and oxygen atoms in total. The van der Waals surface area contributed by atoms with Gasteiger partial charge in [-0.05, 0) is 43.6 Å². The van der Waals surface area contributed by atoms with Crippen molar-refractivity contribution in [1.29, 1.82) is 0 Å². The molecule has 2 saturated heterocycles. The maximum absolute atomic E-state index is 6.13. The Labute approximate surface area is 123 Å². The van der Waals surface area contributed by atoms with Gasteiger partial charge >= 0.3 is 0 Å². The topological polar surface area (TPSA) is 30.5 Å². The normalized spacial score (nSPS) is 38.4. The Hall–Kier alpha value is -0.120. The van der Waals surface area contributed by atoms with Crippen molar-refractivity contribution in [2.75, 3.05) is 26.4 Å². The van der Waals surface area contributed by atoms with Gasteiger partial charge in [-0.15, -0.1) is 0 Å². The van der Waals surface area contributed by atoms with E-state index in [-0.39, 0.29) is 5.60 Å². The van der Waals surface area contributed by atoms with Crippen molar-refractivity contribution in [1.82, 2.24) is 5.32 Å². The molecule has 0 aromatic rings. The second-order valence-electron chi connectivity index (χ2n) is 7.48. The Bertz CT molecular complexity index is 319. The molecule has 2 heterocycles. The average Bonchev–Trinajstić information content (AvgIpc) is 3.07. The molecule has 3 fully saturated rings. The second-order valence-corrected chi connectivity index (χ2v) is 7.48. The third kappa shape index (κ3) is 2.77. The predicted molar refractivity (Wildman–Crippen MR) is 80.9 cm³/mol. The quantitative estimate of drug-likeness (QED) is 0.859. The fraction of sp³-hybridized carbons (Fsp3) is 1.00. The molecular weight excluding hydrogens is 250 g/mol. The van der Waals surface area contributed by atoms with Crippen LogP contribution < -0.4 is 5.32 Å². The van der Waals surface area contributed by atoms with Crippen LogP contribution in [0.3, 0.4) is 0 Å². The zero-order valence-electron chi connectivity index (χ0n) is 13.2. The summed E-state index contributed by atoms with van der Waals surface area (Å²) in [7, 11) is 0. The van der Waals surface area contributed by atoms with E-state index in [0.717, 1.165) is 38.7 Å². The van der Waals surface area contributed by atoms with E-state index >= 15 is 0 Å². The van der Waals surface area contributed by atoms with Crippen molar-refractivity contribution >= 4 is 0 Å². The molecule has 0 radical (unpaired) electrons. The third-order valence-electron chi connectivity index (χ3n) is 5.99. The van der Waals surface area contributed by atoms with Crippen LogP contribution in [0.2, 0.25) is 0 Å². The molecule has 3 heteroatoms. The fourth-order valence-corrected chi connectivity index (χ4v) is 4.91. The van der Waals surface area contributed by atoms with Crippen molar-refractivity contribution in [2.45, 2.75) is 70.4 Å². The van der Waals surface area contributed by atoms with Crippen LogP contribution >= 0.6 is 0 Å². The van der Waals surface area contributed by atoms with E-state index in [2.05, 4.69) is 19.2 Å². The second kappa shape index (κ2) is 5.94. The number of ether oxygens (including phenoxy) is 2. The van der Waals surface area contributed by atoms with Crippen LogP contribution in [-0.4, -0.2) is 38.0 Å². The van der Waals surface area contributed by atoms with Gasteiger partial charge in [0.1, 0.15) is 0 Å². The Balaban J connectivity index is 1.73. The standard InChI is InChI=1S/C17H31NO2/c1-3-18-15(16(2)7-4-5-8-16)14-6-10-20-17(12-14)9-11-19-13-17/h14-15,18H,3-13H2,1-2H3. The largest absolute Gasteiger partial charge is 0.378 e. The van der Waals surface area contributed by atoms with Crippen molar-refractivity contribution in [3.63, 3.8) is 0 Å². The van der Waals surface area contributed by atoms with Crippen molar-refractivity contribution in [3.05, 3.63) is 0 Å². The van der Waals surface area contributed by atoms with Gasteiger partial charge in [0, 0.05) is 25.7 Å². The van der Waals surface area contributed by atoms with Crippen LogP contribution in [0, 0.1) is 11.3 Å². The summed E-state index contributed by atoms with van der Waals surface area (Å²) in [4.78, 5) is 0. The minimum atomic E-state index is 0.0472. The van der Waals surface area contributed by atoms with Gasteiger partial charge in [0.25, 0.3) is 0 Å². The zero-order valence-corrected chi connectivity index (χ0v) is 13.2. The first-order valence-corrected chi connectivity index (χ1v) is 8.63. The lowest BCUT2D eigenvalue weighted by Crippen LogP contribution is -2.53. The Morgan fingerprint density at radius 2 is 2.00 bits per heavy atom. The molecule has 3 unspecified atom stereocenters. The zero-order chi connectivity index (χ0) is 14.1. The molecule has 1 aliphatic carbocycles. The monoisotopic (exact) mass is 281 g/mol. The maximum Gasteiger partial charge on any atom is 0.0939 e. The Morgan fingerprint density at radius 3 is 2.65 bits per heavy atom. The molecule has 3 atom stereocenters. The number of hydrogen-bond acceptors (Lipinski definition) is 3. The lowest BCUT2D eigenvalue weighted by Gasteiger charge is -2.46. The van der Waals surface area contributed by atoms with Crippen LogP contribution in [0.1, 0.15) is 58.8 Å². The number of hydrogen-bond donors (Lipinski definition) is 1. The van der Waals surface area contributed by atoms with Gasteiger partial charge < -0.3 is 14.8 Å². The minimum Gasteiger partial charge on any atom is -0.378 e. The van der Waals surface area contributed by atoms with Crippen LogP contribution in [0.25, 0.3) is 0 Å². The van der Waals surface area contributed by atoms with E-state index < -0.39 is 0 Å². The highest BCUT2D eigenvalue weighted by Crippen LogP contribution is 2.47. The average molecular weight is 281 g/mol. The fourth-order valence-electron chi connectivity index (χ4n) is 4.91. The lowest BCUT2D eigenvalue weighted by molar-refractivity contribution is -0.109. The number of nitrogens with one attached hydrogen (secondary N) is 1. The summed E-state index contributed by atoms with van der Waals surface area (Å²) in [6.07, 6.45) is 9.12. The molecule has 116 valence electrons. The molecule has 0 aromatic carbocycles. The summed E-state index contributed by atoms with van der Waals surface area (Å²) in [5.41, 5.74) is 0.546. The molecule has 2 aliphatic heterocycles. The molecule has 3 aliphatic rings. The summed E-state index contributed by atoms with van der Waals surface area (Å²) in [5.74, 6) is 0.758. The van der Waals surface area contributed by atoms with Gasteiger partial charge in [-0.2, -0.15) is 0 Å². The molecule has 1 spiro atoms. The van der Waals surface area contributed by atoms with Crippen molar-refractivity contribution in [2.24, 2.45) is 11.3 Å². The molecular formula is C17H31NO2. The summed E-state index contributed by atoms with van der Waals surface area (Å²) in [6, 6.07) is 0.663. The predicted octanol–water partition coefficient (Wildman–Crippen LogP) is 3.13. The number of rotatable bonds is 4. The van der Waals surface area contributed by atoms with Crippen LogP contribution in [0.5, 0.6) is 0 Å². The molecule has 0 bridgehead atoms. The van der Waals surface area contributed by atoms with E-state index in [1.807, 2.05) is 0 Å². The molecule has 1 saturated carbocycles. The van der Waals surface area contributed by atoms with Crippen LogP contribution in [0.15, 0.2) is 0 Å². The van der Waals surface area contributed by atoms with E-state index in [9.17, 15) is 0 Å². The van der Waals surface area contributed by atoms with Gasteiger partial charge in [0.15, 0.2) is 0 Å². The highest BCUT2D eigenvalue weighted by molar-refractivity contribution is 5.00. The van der Waals surface area contributed by atoms with Crippen LogP contribution in [-0.2, 0) is 9.47 Å². The molecule has 20 heavy (non-hydrogen) atoms. The van der Waals surface area contributed by atoms with Crippen molar-refractivity contribution < 1.29 is 9.47 Å². The first-order valence-electron chi connectivity index (χ1n) is 8.63. The van der Waals surface area contributed by atoms with E-state index in [1.54, 1.807) is 0 Å². The smallest absolute Gasteiger partial charge is 0.0939 e. The van der Waals surface area contributed by atoms with Gasteiger partial charge in [0.05, 0.1) is 12.2 Å². The molecule has 0 aromatic heterocycles. The maximum atomic E-state index is 6.13. The minimum absolute atomic E-state index is 0.0472. The van der Waals surface area contributed by atoms with Gasteiger partial charge in [0.2, 0.25) is 0 Å². The summed E-state index contributed by atoms with van der Waals surface area (Å²) in [6.45, 7) is 8.47.